The molecule has 0 aromatic rings. The summed E-state index contributed by atoms with van der Waals surface area (Å²) in [6.45, 7) is 7.20. The fraction of sp³-hybridized carbons (Fsp3) is 0.929. The van der Waals surface area contributed by atoms with E-state index in [9.17, 15) is 4.79 Å². The highest BCUT2D eigenvalue weighted by Gasteiger charge is 2.26. The number of piperidine rings is 2. The Hall–Kier alpha value is -0.610. The average Bonchev–Trinajstić information content (AvgIpc) is 2.40. The van der Waals surface area contributed by atoms with Crippen LogP contribution in [0, 0.1) is 5.92 Å². The Morgan fingerprint density at radius 1 is 1.17 bits per heavy atom. The number of likely N-dealkylation sites (tertiary alicyclic amines) is 2. The molecule has 2 aliphatic heterocycles. The second kappa shape index (κ2) is 6.53. The predicted molar refractivity (Wildman–Crippen MR) is 71.7 cm³/mol. The molecular formula is C14H26N2O2. The minimum atomic E-state index is -0.673. The van der Waals surface area contributed by atoms with Crippen molar-refractivity contribution >= 4 is 5.97 Å². The van der Waals surface area contributed by atoms with Gasteiger partial charge in [-0.25, -0.2) is 0 Å². The van der Waals surface area contributed by atoms with E-state index in [0.29, 0.717) is 6.54 Å². The molecule has 104 valence electrons. The van der Waals surface area contributed by atoms with E-state index < -0.39 is 5.97 Å². The van der Waals surface area contributed by atoms with Gasteiger partial charge in [0.2, 0.25) is 0 Å². The summed E-state index contributed by atoms with van der Waals surface area (Å²) in [5.41, 5.74) is 0. The molecule has 2 rings (SSSR count). The summed E-state index contributed by atoms with van der Waals surface area (Å²) < 4.78 is 0. The Labute approximate surface area is 110 Å². The first-order valence-corrected chi connectivity index (χ1v) is 7.36. The number of carboxylic acid groups (broad SMARTS) is 1. The maximum absolute atomic E-state index is 10.8. The summed E-state index contributed by atoms with van der Waals surface area (Å²) in [6.07, 6.45) is 6.54. The second-order valence-corrected chi connectivity index (χ2v) is 5.87. The Kier molecular flexibility index (Phi) is 5.01. The van der Waals surface area contributed by atoms with E-state index in [-0.39, 0.29) is 5.92 Å². The van der Waals surface area contributed by atoms with Crippen LogP contribution in [0.5, 0.6) is 0 Å². The van der Waals surface area contributed by atoms with E-state index >= 15 is 0 Å². The van der Waals surface area contributed by atoms with Gasteiger partial charge in [0.05, 0.1) is 5.92 Å². The summed E-state index contributed by atoms with van der Waals surface area (Å²) in [7, 11) is 0. The van der Waals surface area contributed by atoms with Crippen molar-refractivity contribution in [2.45, 2.75) is 45.1 Å². The Morgan fingerprint density at radius 3 is 2.33 bits per heavy atom. The van der Waals surface area contributed by atoms with Gasteiger partial charge in [0.1, 0.15) is 0 Å². The van der Waals surface area contributed by atoms with Gasteiger partial charge in [-0.3, -0.25) is 4.79 Å². The smallest absolute Gasteiger partial charge is 0.307 e. The van der Waals surface area contributed by atoms with Gasteiger partial charge in [-0.05, 0) is 51.9 Å². The molecular weight excluding hydrogens is 228 g/mol. The van der Waals surface area contributed by atoms with Crippen LogP contribution >= 0.6 is 0 Å². The lowest BCUT2D eigenvalue weighted by atomic mass is 9.99. The first-order valence-electron chi connectivity index (χ1n) is 7.36. The molecule has 0 aromatic heterocycles. The molecule has 0 amide bonds. The topological polar surface area (TPSA) is 43.8 Å². The molecule has 0 saturated carbocycles. The van der Waals surface area contributed by atoms with Crippen LogP contribution in [0.1, 0.15) is 39.0 Å². The number of aliphatic carboxylic acids is 1. The van der Waals surface area contributed by atoms with Crippen molar-refractivity contribution in [3.05, 3.63) is 0 Å². The van der Waals surface area contributed by atoms with Gasteiger partial charge in [-0.1, -0.05) is 13.3 Å². The standard InChI is InChI=1S/C14H26N2O2/c1-12(14(17)18)11-15-9-5-13(6-10-15)16-7-3-2-4-8-16/h12-13H,2-11H2,1H3,(H,17,18). The zero-order chi connectivity index (χ0) is 13.0. The monoisotopic (exact) mass is 254 g/mol. The predicted octanol–water partition coefficient (Wildman–Crippen LogP) is 1.66. The van der Waals surface area contributed by atoms with Gasteiger partial charge in [0.15, 0.2) is 0 Å². The number of carbonyl (C=O) groups is 1. The third-order valence-corrected chi connectivity index (χ3v) is 4.42. The van der Waals surface area contributed by atoms with Crippen molar-refractivity contribution < 1.29 is 9.90 Å². The number of hydrogen-bond donors (Lipinski definition) is 1. The molecule has 4 nitrogen and oxygen atoms in total. The molecule has 2 saturated heterocycles. The summed E-state index contributed by atoms with van der Waals surface area (Å²) in [5, 5.41) is 8.93. The molecule has 0 radical (unpaired) electrons. The summed E-state index contributed by atoms with van der Waals surface area (Å²) in [5.74, 6) is -0.912. The number of carboxylic acids is 1. The van der Waals surface area contributed by atoms with Crippen LogP contribution in [0.15, 0.2) is 0 Å². The molecule has 18 heavy (non-hydrogen) atoms. The van der Waals surface area contributed by atoms with Crippen molar-refractivity contribution in [1.29, 1.82) is 0 Å². The largest absolute Gasteiger partial charge is 0.481 e. The molecule has 0 aliphatic carbocycles. The number of nitrogens with zero attached hydrogens (tertiary/aromatic N) is 2. The second-order valence-electron chi connectivity index (χ2n) is 5.87. The highest BCUT2D eigenvalue weighted by molar-refractivity contribution is 5.69. The molecule has 0 bridgehead atoms. The highest BCUT2D eigenvalue weighted by atomic mass is 16.4. The summed E-state index contributed by atoms with van der Waals surface area (Å²) in [6, 6.07) is 0.752. The first-order chi connectivity index (χ1) is 8.66. The van der Waals surface area contributed by atoms with E-state index in [1.165, 1.54) is 45.2 Å². The lowest BCUT2D eigenvalue weighted by Gasteiger charge is -2.40. The summed E-state index contributed by atoms with van der Waals surface area (Å²) in [4.78, 5) is 15.8. The van der Waals surface area contributed by atoms with Crippen molar-refractivity contribution in [2.75, 3.05) is 32.7 Å². The minimum Gasteiger partial charge on any atom is -0.481 e. The molecule has 1 N–H and O–H groups in total. The molecule has 2 aliphatic rings. The van der Waals surface area contributed by atoms with Gasteiger partial charge in [0.25, 0.3) is 0 Å². The number of rotatable bonds is 4. The molecule has 2 fully saturated rings. The van der Waals surface area contributed by atoms with E-state index in [2.05, 4.69) is 9.80 Å². The SMILES string of the molecule is CC(CN1CCC(N2CCCCC2)CC1)C(=O)O. The molecule has 1 unspecified atom stereocenters. The number of hydrogen-bond acceptors (Lipinski definition) is 3. The molecule has 1 atom stereocenters. The maximum atomic E-state index is 10.8. The van der Waals surface area contributed by atoms with Crippen LogP contribution < -0.4 is 0 Å². The van der Waals surface area contributed by atoms with Crippen LogP contribution in [0.4, 0.5) is 0 Å². The fourth-order valence-electron chi connectivity index (χ4n) is 3.22. The van der Waals surface area contributed by atoms with Gasteiger partial charge >= 0.3 is 5.97 Å². The van der Waals surface area contributed by atoms with E-state index in [1.807, 2.05) is 0 Å². The molecule has 4 heteroatoms. The van der Waals surface area contributed by atoms with Gasteiger partial charge in [-0.15, -0.1) is 0 Å². The first kappa shape index (κ1) is 13.8. The fourth-order valence-corrected chi connectivity index (χ4v) is 3.22. The average molecular weight is 254 g/mol. The highest BCUT2D eigenvalue weighted by Crippen LogP contribution is 2.21. The van der Waals surface area contributed by atoms with Crippen LogP contribution in [0.2, 0.25) is 0 Å². The quantitative estimate of drug-likeness (QED) is 0.828. The zero-order valence-electron chi connectivity index (χ0n) is 11.5. The molecule has 0 aromatic carbocycles. The van der Waals surface area contributed by atoms with Crippen molar-refractivity contribution in [3.8, 4) is 0 Å². The van der Waals surface area contributed by atoms with Crippen LogP contribution in [-0.4, -0.2) is 59.6 Å². The van der Waals surface area contributed by atoms with Crippen LogP contribution in [0.3, 0.4) is 0 Å². The van der Waals surface area contributed by atoms with E-state index in [1.54, 1.807) is 6.92 Å². The van der Waals surface area contributed by atoms with Gasteiger partial charge in [-0.2, -0.15) is 0 Å². The molecule has 0 spiro atoms. The van der Waals surface area contributed by atoms with Crippen molar-refractivity contribution in [2.24, 2.45) is 5.92 Å². The zero-order valence-corrected chi connectivity index (χ0v) is 11.5. The van der Waals surface area contributed by atoms with Crippen molar-refractivity contribution in [1.82, 2.24) is 9.80 Å². The minimum absolute atomic E-state index is 0.239. The third-order valence-electron chi connectivity index (χ3n) is 4.42. The normalized spacial score (nSPS) is 26.1. The maximum Gasteiger partial charge on any atom is 0.307 e. The lowest BCUT2D eigenvalue weighted by molar-refractivity contribution is -0.141. The third kappa shape index (κ3) is 3.69. The Balaban J connectivity index is 1.72. The Morgan fingerprint density at radius 2 is 1.78 bits per heavy atom. The summed E-state index contributed by atoms with van der Waals surface area (Å²) >= 11 is 0. The van der Waals surface area contributed by atoms with Crippen LogP contribution in [-0.2, 0) is 4.79 Å². The lowest BCUT2D eigenvalue weighted by Crippen LogP contribution is -2.47. The van der Waals surface area contributed by atoms with Gasteiger partial charge < -0.3 is 14.9 Å². The van der Waals surface area contributed by atoms with Crippen molar-refractivity contribution in [3.63, 3.8) is 0 Å². The van der Waals surface area contributed by atoms with E-state index in [4.69, 9.17) is 5.11 Å². The van der Waals surface area contributed by atoms with Crippen LogP contribution in [0.25, 0.3) is 0 Å². The Bertz CT molecular complexity index is 269. The van der Waals surface area contributed by atoms with Gasteiger partial charge in [0, 0.05) is 12.6 Å². The molecule has 2 heterocycles. The van der Waals surface area contributed by atoms with E-state index in [0.717, 1.165) is 19.1 Å².